The molecule has 1 unspecified atom stereocenters. The number of aliphatic hydroxyl groups is 1. The van der Waals surface area contributed by atoms with Crippen molar-refractivity contribution in [2.45, 2.75) is 12.5 Å². The van der Waals surface area contributed by atoms with Gasteiger partial charge >= 0.3 is 0 Å². The Labute approximate surface area is 138 Å². The van der Waals surface area contributed by atoms with Crippen molar-refractivity contribution in [2.24, 2.45) is 0 Å². The molecule has 0 bridgehead atoms. The summed E-state index contributed by atoms with van der Waals surface area (Å²) in [6.45, 7) is 1.87. The van der Waals surface area contributed by atoms with E-state index >= 15 is 0 Å². The molecule has 1 aliphatic heterocycles. The monoisotopic (exact) mass is 333 g/mol. The van der Waals surface area contributed by atoms with Gasteiger partial charge in [0, 0.05) is 10.6 Å². The average molecular weight is 334 g/mol. The largest absolute Gasteiger partial charge is 0.454 e. The number of benzene rings is 2. The molecular formula is C17H16ClNO4. The van der Waals surface area contributed by atoms with E-state index in [9.17, 15) is 9.90 Å². The maximum atomic E-state index is 12.1. The summed E-state index contributed by atoms with van der Waals surface area (Å²) in [4.78, 5) is 12.1. The van der Waals surface area contributed by atoms with Crippen LogP contribution in [0.3, 0.4) is 0 Å². The number of rotatable bonds is 4. The summed E-state index contributed by atoms with van der Waals surface area (Å²) in [5, 5.41) is 13.9. The van der Waals surface area contributed by atoms with Crippen molar-refractivity contribution in [3.63, 3.8) is 0 Å². The van der Waals surface area contributed by atoms with Crippen LogP contribution in [0.4, 0.5) is 0 Å². The van der Waals surface area contributed by atoms with Crippen LogP contribution in [0.1, 0.15) is 22.8 Å². The lowest BCUT2D eigenvalue weighted by molar-refractivity contribution is 0.0525. The molecule has 0 fully saturated rings. The van der Waals surface area contributed by atoms with E-state index in [1.165, 1.54) is 0 Å². The van der Waals surface area contributed by atoms with Crippen molar-refractivity contribution in [3.05, 3.63) is 58.6 Å². The molecule has 2 N–H and O–H groups in total. The standard InChI is InChI=1S/C17H16ClNO4/c1-17(21,12-4-7-14-15(8-12)23-10-22-14)9-19-16(20)11-2-5-13(18)6-3-11/h2-8,21H,9-10H2,1H3,(H,19,20). The number of hydrogen-bond donors (Lipinski definition) is 2. The zero-order valence-electron chi connectivity index (χ0n) is 12.5. The SMILES string of the molecule is CC(O)(CNC(=O)c1ccc(Cl)cc1)c1ccc2c(c1)OCO2. The molecule has 0 aromatic heterocycles. The van der Waals surface area contributed by atoms with Gasteiger partial charge in [-0.25, -0.2) is 0 Å². The van der Waals surface area contributed by atoms with Crippen LogP contribution in [0.25, 0.3) is 0 Å². The van der Waals surface area contributed by atoms with Crippen LogP contribution in [0.2, 0.25) is 5.02 Å². The van der Waals surface area contributed by atoms with Crippen LogP contribution < -0.4 is 14.8 Å². The van der Waals surface area contributed by atoms with E-state index in [1.807, 2.05) is 0 Å². The summed E-state index contributed by atoms with van der Waals surface area (Å²) in [6, 6.07) is 11.8. The van der Waals surface area contributed by atoms with E-state index in [-0.39, 0.29) is 19.2 Å². The highest BCUT2D eigenvalue weighted by Gasteiger charge is 2.26. The summed E-state index contributed by atoms with van der Waals surface area (Å²) in [5.74, 6) is 0.962. The molecule has 1 amide bonds. The lowest BCUT2D eigenvalue weighted by Gasteiger charge is -2.24. The Kier molecular flexibility index (Phi) is 4.15. The van der Waals surface area contributed by atoms with Crippen molar-refractivity contribution >= 4 is 17.5 Å². The van der Waals surface area contributed by atoms with Crippen molar-refractivity contribution in [3.8, 4) is 11.5 Å². The molecule has 0 saturated carbocycles. The van der Waals surface area contributed by atoms with Gasteiger partial charge in [0.15, 0.2) is 11.5 Å². The first kappa shape index (κ1) is 15.6. The van der Waals surface area contributed by atoms with Gasteiger partial charge in [0.25, 0.3) is 5.91 Å². The molecule has 2 aromatic carbocycles. The molecule has 6 heteroatoms. The summed E-state index contributed by atoms with van der Waals surface area (Å²) in [5.41, 5.74) is -0.114. The first-order valence-corrected chi connectivity index (χ1v) is 7.50. The third-order valence-electron chi connectivity index (χ3n) is 3.69. The molecule has 0 spiro atoms. The molecule has 0 aliphatic carbocycles. The van der Waals surface area contributed by atoms with Crippen LogP contribution in [-0.2, 0) is 5.60 Å². The van der Waals surface area contributed by atoms with Crippen LogP contribution in [0.5, 0.6) is 11.5 Å². The second kappa shape index (κ2) is 6.10. The fourth-order valence-corrected chi connectivity index (χ4v) is 2.42. The highest BCUT2D eigenvalue weighted by atomic mass is 35.5. The number of fused-ring (bicyclic) bond motifs is 1. The molecule has 1 atom stereocenters. The van der Waals surface area contributed by atoms with Gasteiger partial charge < -0.3 is 19.9 Å². The van der Waals surface area contributed by atoms with Crippen molar-refractivity contribution in [1.29, 1.82) is 0 Å². The van der Waals surface area contributed by atoms with Crippen molar-refractivity contribution < 1.29 is 19.4 Å². The zero-order valence-corrected chi connectivity index (χ0v) is 13.3. The quantitative estimate of drug-likeness (QED) is 0.902. The van der Waals surface area contributed by atoms with Crippen LogP contribution >= 0.6 is 11.6 Å². The highest BCUT2D eigenvalue weighted by molar-refractivity contribution is 6.30. The predicted molar refractivity (Wildman–Crippen MR) is 85.9 cm³/mol. The lowest BCUT2D eigenvalue weighted by Crippen LogP contribution is -2.38. The summed E-state index contributed by atoms with van der Waals surface area (Å²) in [6.07, 6.45) is 0. The number of carbonyl (C=O) groups is 1. The van der Waals surface area contributed by atoms with Crippen molar-refractivity contribution in [1.82, 2.24) is 5.32 Å². The smallest absolute Gasteiger partial charge is 0.251 e. The molecule has 0 saturated heterocycles. The van der Waals surface area contributed by atoms with E-state index < -0.39 is 5.60 Å². The maximum Gasteiger partial charge on any atom is 0.251 e. The van der Waals surface area contributed by atoms with Crippen molar-refractivity contribution in [2.75, 3.05) is 13.3 Å². The third kappa shape index (κ3) is 3.41. The molecule has 5 nitrogen and oxygen atoms in total. The van der Waals surface area contributed by atoms with Crippen LogP contribution in [-0.4, -0.2) is 24.4 Å². The fourth-order valence-electron chi connectivity index (χ4n) is 2.29. The molecule has 23 heavy (non-hydrogen) atoms. The summed E-state index contributed by atoms with van der Waals surface area (Å²) < 4.78 is 10.6. The normalized spacial score (nSPS) is 15.1. The molecule has 3 rings (SSSR count). The van der Waals surface area contributed by atoms with Gasteiger partial charge in [-0.3, -0.25) is 4.79 Å². The third-order valence-corrected chi connectivity index (χ3v) is 3.95. The van der Waals surface area contributed by atoms with E-state index in [0.29, 0.717) is 27.6 Å². The summed E-state index contributed by atoms with van der Waals surface area (Å²) in [7, 11) is 0. The second-order valence-electron chi connectivity index (χ2n) is 5.53. The second-order valence-corrected chi connectivity index (χ2v) is 5.97. The van der Waals surface area contributed by atoms with Gasteiger partial charge in [0.2, 0.25) is 6.79 Å². The molecule has 1 heterocycles. The number of amides is 1. The molecule has 0 radical (unpaired) electrons. The number of halogens is 1. The lowest BCUT2D eigenvalue weighted by atomic mass is 9.95. The first-order valence-electron chi connectivity index (χ1n) is 7.12. The number of hydrogen-bond acceptors (Lipinski definition) is 4. The van der Waals surface area contributed by atoms with Gasteiger partial charge in [-0.05, 0) is 48.9 Å². The predicted octanol–water partition coefficient (Wildman–Crippen LogP) is 2.71. The average Bonchev–Trinajstić information content (AvgIpc) is 3.01. The van der Waals surface area contributed by atoms with E-state index in [1.54, 1.807) is 49.4 Å². The topological polar surface area (TPSA) is 67.8 Å². The van der Waals surface area contributed by atoms with E-state index in [0.717, 1.165) is 0 Å². The minimum absolute atomic E-state index is 0.0636. The Hall–Kier alpha value is -2.24. The van der Waals surface area contributed by atoms with E-state index in [2.05, 4.69) is 5.32 Å². The van der Waals surface area contributed by atoms with E-state index in [4.69, 9.17) is 21.1 Å². The molecule has 2 aromatic rings. The Balaban J connectivity index is 1.68. The maximum absolute atomic E-state index is 12.1. The molecular weight excluding hydrogens is 318 g/mol. The Bertz CT molecular complexity index is 728. The minimum atomic E-state index is -1.23. The highest BCUT2D eigenvalue weighted by Crippen LogP contribution is 2.35. The molecule has 1 aliphatic rings. The zero-order chi connectivity index (χ0) is 16.4. The fraction of sp³-hybridized carbons (Fsp3) is 0.235. The van der Waals surface area contributed by atoms with Gasteiger partial charge in [0.1, 0.15) is 5.60 Å². The van der Waals surface area contributed by atoms with Gasteiger partial charge in [-0.2, -0.15) is 0 Å². The first-order chi connectivity index (χ1) is 11.0. The Morgan fingerprint density at radius 1 is 1.22 bits per heavy atom. The Morgan fingerprint density at radius 2 is 1.91 bits per heavy atom. The number of ether oxygens (including phenoxy) is 2. The van der Waals surface area contributed by atoms with Gasteiger partial charge in [-0.15, -0.1) is 0 Å². The van der Waals surface area contributed by atoms with Gasteiger partial charge in [-0.1, -0.05) is 17.7 Å². The number of nitrogens with one attached hydrogen (secondary N) is 1. The minimum Gasteiger partial charge on any atom is -0.454 e. The Morgan fingerprint density at radius 3 is 2.65 bits per heavy atom. The van der Waals surface area contributed by atoms with Gasteiger partial charge in [0.05, 0.1) is 6.54 Å². The summed E-state index contributed by atoms with van der Waals surface area (Å²) >= 11 is 5.80. The number of carbonyl (C=O) groups excluding carboxylic acids is 1. The van der Waals surface area contributed by atoms with Crippen LogP contribution in [0.15, 0.2) is 42.5 Å². The van der Waals surface area contributed by atoms with Crippen LogP contribution in [0, 0.1) is 0 Å². The molecule has 120 valence electrons.